The Hall–Kier alpha value is -2.01. The highest BCUT2D eigenvalue weighted by Crippen LogP contribution is 2.25. The average molecular weight is 350 g/mol. The van der Waals surface area contributed by atoms with Crippen LogP contribution < -0.4 is 10.1 Å². The number of ether oxygens (including phenoxy) is 2. The molecule has 5 heteroatoms. The molecule has 1 N–H and O–H groups in total. The third-order valence-corrected chi connectivity index (χ3v) is 3.54. The average Bonchev–Trinajstić information content (AvgIpc) is 2.52. The highest BCUT2D eigenvalue weighted by molar-refractivity contribution is 9.10. The quantitative estimate of drug-likeness (QED) is 0.832. The van der Waals surface area contributed by atoms with E-state index in [9.17, 15) is 4.79 Å². The van der Waals surface area contributed by atoms with Gasteiger partial charge in [0.1, 0.15) is 5.75 Å². The van der Waals surface area contributed by atoms with Gasteiger partial charge in [-0.25, -0.2) is 4.79 Å². The standard InChI is InChI=1S/C16H16BrNO3/c1-20-15-8-7-12(17)9-11(15)10-18-14-6-4-3-5-13(14)16(19)21-2/h3-9,18H,10H2,1-2H3. The Morgan fingerprint density at radius 3 is 2.67 bits per heavy atom. The van der Waals surface area contributed by atoms with E-state index in [1.807, 2.05) is 30.3 Å². The number of hydrogen-bond acceptors (Lipinski definition) is 4. The maximum absolute atomic E-state index is 11.7. The van der Waals surface area contributed by atoms with Crippen LogP contribution in [-0.2, 0) is 11.3 Å². The molecule has 0 unspecified atom stereocenters. The van der Waals surface area contributed by atoms with Crippen LogP contribution >= 0.6 is 15.9 Å². The lowest BCUT2D eigenvalue weighted by atomic mass is 10.1. The zero-order valence-electron chi connectivity index (χ0n) is 11.9. The van der Waals surface area contributed by atoms with E-state index in [0.29, 0.717) is 12.1 Å². The maximum atomic E-state index is 11.7. The molecule has 0 aliphatic heterocycles. The van der Waals surface area contributed by atoms with E-state index < -0.39 is 0 Å². The third kappa shape index (κ3) is 3.76. The number of anilines is 1. The molecular formula is C16H16BrNO3. The van der Waals surface area contributed by atoms with Crippen LogP contribution in [0.4, 0.5) is 5.69 Å². The third-order valence-electron chi connectivity index (χ3n) is 3.04. The summed E-state index contributed by atoms with van der Waals surface area (Å²) in [5.41, 5.74) is 2.23. The monoisotopic (exact) mass is 349 g/mol. The second-order valence-electron chi connectivity index (χ2n) is 4.35. The van der Waals surface area contributed by atoms with Gasteiger partial charge in [-0.15, -0.1) is 0 Å². The molecule has 4 nitrogen and oxygen atoms in total. The van der Waals surface area contributed by atoms with Crippen LogP contribution in [0.1, 0.15) is 15.9 Å². The number of hydrogen-bond donors (Lipinski definition) is 1. The smallest absolute Gasteiger partial charge is 0.339 e. The van der Waals surface area contributed by atoms with Crippen LogP contribution in [0, 0.1) is 0 Å². The summed E-state index contributed by atoms with van der Waals surface area (Å²) in [6.07, 6.45) is 0. The minimum atomic E-state index is -0.362. The Kier molecular flexibility index (Phi) is 5.22. The molecule has 0 aromatic heterocycles. The molecule has 0 fully saturated rings. The van der Waals surface area contributed by atoms with Crippen molar-refractivity contribution < 1.29 is 14.3 Å². The summed E-state index contributed by atoms with van der Waals surface area (Å²) in [5.74, 6) is 0.431. The topological polar surface area (TPSA) is 47.6 Å². The van der Waals surface area contributed by atoms with Crippen LogP contribution in [0.15, 0.2) is 46.9 Å². The van der Waals surface area contributed by atoms with Crippen molar-refractivity contribution in [2.75, 3.05) is 19.5 Å². The molecule has 0 heterocycles. The number of halogens is 1. The predicted molar refractivity (Wildman–Crippen MR) is 85.8 cm³/mol. The van der Waals surface area contributed by atoms with Gasteiger partial charge in [-0.2, -0.15) is 0 Å². The van der Waals surface area contributed by atoms with E-state index >= 15 is 0 Å². The van der Waals surface area contributed by atoms with Crippen LogP contribution in [0.25, 0.3) is 0 Å². The minimum Gasteiger partial charge on any atom is -0.496 e. The first-order chi connectivity index (χ1) is 10.2. The van der Waals surface area contributed by atoms with Gasteiger partial charge in [0.2, 0.25) is 0 Å². The summed E-state index contributed by atoms with van der Waals surface area (Å²) in [4.78, 5) is 11.7. The van der Waals surface area contributed by atoms with Crippen molar-refractivity contribution in [3.8, 4) is 5.75 Å². The van der Waals surface area contributed by atoms with Gasteiger partial charge in [-0.05, 0) is 30.3 Å². The van der Waals surface area contributed by atoms with Crippen LogP contribution in [0.2, 0.25) is 0 Å². The van der Waals surface area contributed by atoms with Gasteiger partial charge < -0.3 is 14.8 Å². The molecule has 0 amide bonds. The SMILES string of the molecule is COC(=O)c1ccccc1NCc1cc(Br)ccc1OC. The lowest BCUT2D eigenvalue weighted by Crippen LogP contribution is -2.08. The Balaban J connectivity index is 2.21. The number of carbonyl (C=O) groups is 1. The van der Waals surface area contributed by atoms with E-state index in [0.717, 1.165) is 21.5 Å². The fourth-order valence-corrected chi connectivity index (χ4v) is 2.41. The molecule has 2 aromatic rings. The number of carbonyl (C=O) groups excluding carboxylic acids is 1. The first-order valence-electron chi connectivity index (χ1n) is 6.39. The van der Waals surface area contributed by atoms with Gasteiger partial charge in [0, 0.05) is 22.3 Å². The Bertz CT molecular complexity index is 643. The molecule has 0 aliphatic rings. The van der Waals surface area contributed by atoms with Crippen LogP contribution in [0.5, 0.6) is 5.75 Å². The Labute approximate surface area is 132 Å². The van der Waals surface area contributed by atoms with Crippen LogP contribution in [-0.4, -0.2) is 20.2 Å². The Morgan fingerprint density at radius 1 is 1.19 bits per heavy atom. The maximum Gasteiger partial charge on any atom is 0.339 e. The molecule has 0 bridgehead atoms. The first kappa shape index (κ1) is 15.4. The molecule has 0 radical (unpaired) electrons. The van der Waals surface area contributed by atoms with E-state index in [1.165, 1.54) is 7.11 Å². The summed E-state index contributed by atoms with van der Waals surface area (Å²) >= 11 is 3.44. The molecule has 0 spiro atoms. The number of para-hydroxylation sites is 1. The van der Waals surface area contributed by atoms with Crippen molar-refractivity contribution in [1.29, 1.82) is 0 Å². The molecule has 0 aliphatic carbocycles. The number of benzene rings is 2. The number of nitrogens with one attached hydrogen (secondary N) is 1. The predicted octanol–water partition coefficient (Wildman–Crippen LogP) is 3.86. The van der Waals surface area contributed by atoms with Crippen molar-refractivity contribution in [1.82, 2.24) is 0 Å². The summed E-state index contributed by atoms with van der Waals surface area (Å²) < 4.78 is 11.1. The van der Waals surface area contributed by atoms with Crippen molar-refractivity contribution >= 4 is 27.6 Å². The van der Waals surface area contributed by atoms with Crippen molar-refractivity contribution in [3.63, 3.8) is 0 Å². The molecule has 0 saturated heterocycles. The number of methoxy groups -OCH3 is 2. The molecule has 2 rings (SSSR count). The highest BCUT2D eigenvalue weighted by Gasteiger charge is 2.11. The fourth-order valence-electron chi connectivity index (χ4n) is 2.00. The summed E-state index contributed by atoms with van der Waals surface area (Å²) in [7, 11) is 3.01. The van der Waals surface area contributed by atoms with E-state index in [1.54, 1.807) is 19.2 Å². The van der Waals surface area contributed by atoms with E-state index in [2.05, 4.69) is 21.2 Å². The van der Waals surface area contributed by atoms with Gasteiger partial charge in [0.15, 0.2) is 0 Å². The molecular weight excluding hydrogens is 334 g/mol. The number of esters is 1. The van der Waals surface area contributed by atoms with Gasteiger partial charge in [0.25, 0.3) is 0 Å². The largest absolute Gasteiger partial charge is 0.496 e. The van der Waals surface area contributed by atoms with Gasteiger partial charge in [0.05, 0.1) is 19.8 Å². The first-order valence-corrected chi connectivity index (χ1v) is 7.18. The van der Waals surface area contributed by atoms with Crippen molar-refractivity contribution in [2.24, 2.45) is 0 Å². The number of rotatable bonds is 5. The summed E-state index contributed by atoms with van der Waals surface area (Å²) in [5, 5.41) is 3.25. The highest BCUT2D eigenvalue weighted by atomic mass is 79.9. The second-order valence-corrected chi connectivity index (χ2v) is 5.26. The lowest BCUT2D eigenvalue weighted by Gasteiger charge is -2.13. The molecule has 0 saturated carbocycles. The van der Waals surface area contributed by atoms with Gasteiger partial charge in [-0.3, -0.25) is 0 Å². The molecule has 2 aromatic carbocycles. The zero-order valence-corrected chi connectivity index (χ0v) is 13.4. The Morgan fingerprint density at radius 2 is 1.95 bits per heavy atom. The normalized spacial score (nSPS) is 10.0. The van der Waals surface area contributed by atoms with Crippen molar-refractivity contribution in [3.05, 3.63) is 58.1 Å². The van der Waals surface area contributed by atoms with Gasteiger partial charge >= 0.3 is 5.97 Å². The summed E-state index contributed by atoms with van der Waals surface area (Å²) in [6.45, 7) is 0.538. The van der Waals surface area contributed by atoms with E-state index in [-0.39, 0.29) is 5.97 Å². The summed E-state index contributed by atoms with van der Waals surface area (Å²) in [6, 6.07) is 13.0. The molecule has 110 valence electrons. The van der Waals surface area contributed by atoms with Crippen LogP contribution in [0.3, 0.4) is 0 Å². The zero-order chi connectivity index (χ0) is 15.2. The molecule has 21 heavy (non-hydrogen) atoms. The molecule has 0 atom stereocenters. The van der Waals surface area contributed by atoms with E-state index in [4.69, 9.17) is 9.47 Å². The minimum absolute atomic E-state index is 0.362. The fraction of sp³-hybridized carbons (Fsp3) is 0.188. The second kappa shape index (κ2) is 7.13. The van der Waals surface area contributed by atoms with Crippen molar-refractivity contribution in [2.45, 2.75) is 6.54 Å². The lowest BCUT2D eigenvalue weighted by molar-refractivity contribution is 0.0602. The van der Waals surface area contributed by atoms with Gasteiger partial charge in [-0.1, -0.05) is 28.1 Å².